The summed E-state index contributed by atoms with van der Waals surface area (Å²) in [6, 6.07) is 9.34. The van der Waals surface area contributed by atoms with E-state index in [2.05, 4.69) is 146 Å². The van der Waals surface area contributed by atoms with Gasteiger partial charge in [-0.05, 0) is 93.6 Å². The van der Waals surface area contributed by atoms with Crippen molar-refractivity contribution in [3.05, 3.63) is 98.7 Å². The Hall–Kier alpha value is -2.34. The van der Waals surface area contributed by atoms with Crippen molar-refractivity contribution in [2.24, 2.45) is 44.3 Å². The average molecular weight is 575 g/mol. The summed E-state index contributed by atoms with van der Waals surface area (Å²) in [6.45, 7) is 35.5. The van der Waals surface area contributed by atoms with Crippen molar-refractivity contribution in [1.82, 2.24) is 0 Å². The van der Waals surface area contributed by atoms with Crippen LogP contribution in [-0.4, -0.2) is 0 Å². The Morgan fingerprint density at radius 1 is 0.884 bits per heavy atom. The first-order chi connectivity index (χ1) is 19.8. The molecule has 5 aliphatic rings. The summed E-state index contributed by atoms with van der Waals surface area (Å²) in [5.41, 5.74) is 16.1. The van der Waals surface area contributed by atoms with Gasteiger partial charge in [0.1, 0.15) is 0 Å². The lowest BCUT2D eigenvalue weighted by atomic mass is 9.27. The number of allylic oxidation sites excluding steroid dienone is 12. The summed E-state index contributed by atoms with van der Waals surface area (Å²) in [4.78, 5) is 0. The molecule has 0 N–H and O–H groups in total. The molecule has 3 unspecified atom stereocenters. The molecule has 0 saturated heterocycles. The van der Waals surface area contributed by atoms with Crippen molar-refractivity contribution < 1.29 is 0 Å². The lowest BCUT2D eigenvalue weighted by Crippen LogP contribution is -2.70. The fourth-order valence-electron chi connectivity index (χ4n) is 10.8. The van der Waals surface area contributed by atoms with Gasteiger partial charge in [-0.25, -0.2) is 0 Å². The molecule has 0 spiro atoms. The van der Waals surface area contributed by atoms with E-state index in [0.29, 0.717) is 11.8 Å². The van der Waals surface area contributed by atoms with Crippen LogP contribution in [0.2, 0.25) is 0 Å². The number of fused-ring (bicyclic) bond motifs is 6. The van der Waals surface area contributed by atoms with Crippen molar-refractivity contribution in [3.8, 4) is 0 Å². The Labute approximate surface area is 264 Å². The van der Waals surface area contributed by atoms with Gasteiger partial charge >= 0.3 is 0 Å². The third-order valence-electron chi connectivity index (χ3n) is 14.6. The van der Waals surface area contributed by atoms with Gasteiger partial charge in [0.2, 0.25) is 0 Å². The van der Waals surface area contributed by atoms with Crippen molar-refractivity contribution in [1.29, 1.82) is 0 Å². The SMILES string of the molecule is CCC1=CC(C(C)(C)C)=CC1C12C(=C3Cc4ccccc4C3=C3C=CCC(=C(C)C)C31)C(C)(C)C(C)(C)C(C)(C)C2(C)C. The maximum Gasteiger partial charge on any atom is 0.0187 e. The Kier molecular flexibility index (Phi) is 6.50. The van der Waals surface area contributed by atoms with Gasteiger partial charge < -0.3 is 0 Å². The Morgan fingerprint density at radius 2 is 1.53 bits per heavy atom. The molecule has 0 amide bonds. The molecular weight excluding hydrogens is 516 g/mol. The predicted molar refractivity (Wildman–Crippen MR) is 187 cm³/mol. The third-order valence-corrected chi connectivity index (χ3v) is 14.6. The maximum atomic E-state index is 2.78. The normalized spacial score (nSPS) is 31.3. The number of hydrogen-bond acceptors (Lipinski definition) is 0. The molecule has 43 heavy (non-hydrogen) atoms. The second-order valence-electron chi connectivity index (χ2n) is 17.9. The van der Waals surface area contributed by atoms with Crippen molar-refractivity contribution in [2.45, 2.75) is 116 Å². The van der Waals surface area contributed by atoms with Crippen LogP contribution in [0.3, 0.4) is 0 Å². The first kappa shape index (κ1) is 30.7. The molecule has 230 valence electrons. The van der Waals surface area contributed by atoms with Gasteiger partial charge in [-0.15, -0.1) is 0 Å². The second-order valence-corrected chi connectivity index (χ2v) is 17.9. The number of rotatable bonds is 2. The quantitative estimate of drug-likeness (QED) is 0.308. The molecule has 5 aliphatic carbocycles. The average Bonchev–Trinajstić information content (AvgIpc) is 3.53. The standard InChI is InChI=1S/C43H58/c1-15-27-23-29(38(4,5)6)25-34(27)43-36-30(26(2)3)21-18-22-32(36)35-31-20-17-16-19-28(31)24-33(35)37(43)39(7,8)40(9,10)41(11,12)42(43,13)14/h16-20,22-23,25,34,36H,15,21,24H2,1-14H3. The Bertz CT molecular complexity index is 1580. The first-order valence-corrected chi connectivity index (χ1v) is 17.1. The molecule has 0 aromatic heterocycles. The highest BCUT2D eigenvalue weighted by Gasteiger charge is 2.75. The van der Waals surface area contributed by atoms with Crippen molar-refractivity contribution in [2.75, 3.05) is 0 Å². The van der Waals surface area contributed by atoms with E-state index in [1.807, 2.05) is 0 Å². The van der Waals surface area contributed by atoms with Crippen LogP contribution in [0.25, 0.3) is 5.57 Å². The molecule has 0 heterocycles. The molecule has 3 atom stereocenters. The van der Waals surface area contributed by atoms with Gasteiger partial charge in [0.15, 0.2) is 0 Å². The molecule has 6 rings (SSSR count). The van der Waals surface area contributed by atoms with Crippen molar-refractivity contribution in [3.63, 3.8) is 0 Å². The smallest absolute Gasteiger partial charge is 0.0187 e. The summed E-state index contributed by atoms with van der Waals surface area (Å²) in [5, 5.41) is 0. The van der Waals surface area contributed by atoms with E-state index in [-0.39, 0.29) is 32.5 Å². The first-order valence-electron chi connectivity index (χ1n) is 17.1. The second kappa shape index (κ2) is 9.11. The number of benzene rings is 1. The maximum absolute atomic E-state index is 2.78. The van der Waals surface area contributed by atoms with Crippen LogP contribution < -0.4 is 0 Å². The highest BCUT2D eigenvalue weighted by atomic mass is 14.8. The molecular formula is C43H58. The van der Waals surface area contributed by atoms with Crippen LogP contribution in [0, 0.1) is 44.3 Å². The van der Waals surface area contributed by atoms with E-state index in [9.17, 15) is 0 Å². The highest BCUT2D eigenvalue weighted by molar-refractivity contribution is 5.93. The lowest BCUT2D eigenvalue weighted by Gasteiger charge is -2.76. The molecule has 1 fully saturated rings. The monoisotopic (exact) mass is 574 g/mol. The molecule has 0 heteroatoms. The Morgan fingerprint density at radius 3 is 2.14 bits per heavy atom. The minimum absolute atomic E-state index is 0.00772. The molecule has 0 nitrogen and oxygen atoms in total. The predicted octanol–water partition coefficient (Wildman–Crippen LogP) is 12.3. The lowest BCUT2D eigenvalue weighted by molar-refractivity contribution is -0.200. The van der Waals surface area contributed by atoms with Crippen LogP contribution in [0.1, 0.15) is 121 Å². The van der Waals surface area contributed by atoms with Crippen LogP contribution in [0.15, 0.2) is 87.6 Å². The van der Waals surface area contributed by atoms with Gasteiger partial charge in [-0.1, -0.05) is 154 Å². The zero-order chi connectivity index (χ0) is 31.7. The van der Waals surface area contributed by atoms with Gasteiger partial charge in [0, 0.05) is 17.3 Å². The molecule has 0 radical (unpaired) electrons. The van der Waals surface area contributed by atoms with Gasteiger partial charge in [-0.3, -0.25) is 0 Å². The van der Waals surface area contributed by atoms with Crippen LogP contribution in [0.4, 0.5) is 0 Å². The van der Waals surface area contributed by atoms with E-state index >= 15 is 0 Å². The molecule has 0 bridgehead atoms. The van der Waals surface area contributed by atoms with Crippen LogP contribution in [0.5, 0.6) is 0 Å². The van der Waals surface area contributed by atoms with E-state index in [0.717, 1.165) is 19.3 Å². The van der Waals surface area contributed by atoms with Crippen LogP contribution >= 0.6 is 0 Å². The highest BCUT2D eigenvalue weighted by Crippen LogP contribution is 2.82. The molecule has 1 aromatic rings. The minimum atomic E-state index is -0.0854. The third kappa shape index (κ3) is 3.51. The summed E-state index contributed by atoms with van der Waals surface area (Å²) < 4.78 is 0. The fourth-order valence-corrected chi connectivity index (χ4v) is 10.8. The summed E-state index contributed by atoms with van der Waals surface area (Å²) in [6.07, 6.45) is 13.7. The van der Waals surface area contributed by atoms with E-state index in [1.54, 1.807) is 33.4 Å². The summed E-state index contributed by atoms with van der Waals surface area (Å²) in [7, 11) is 0. The largest absolute Gasteiger partial charge is 0.0801 e. The summed E-state index contributed by atoms with van der Waals surface area (Å²) in [5.74, 6) is 0.715. The summed E-state index contributed by atoms with van der Waals surface area (Å²) >= 11 is 0. The minimum Gasteiger partial charge on any atom is -0.0801 e. The molecule has 1 aromatic carbocycles. The zero-order valence-electron chi connectivity index (χ0n) is 29.9. The van der Waals surface area contributed by atoms with Crippen LogP contribution in [-0.2, 0) is 6.42 Å². The van der Waals surface area contributed by atoms with Crippen molar-refractivity contribution >= 4 is 5.57 Å². The van der Waals surface area contributed by atoms with Gasteiger partial charge in [0.25, 0.3) is 0 Å². The number of hydrogen-bond donors (Lipinski definition) is 0. The van der Waals surface area contributed by atoms with E-state index in [4.69, 9.17) is 0 Å². The van der Waals surface area contributed by atoms with Gasteiger partial charge in [-0.2, -0.15) is 0 Å². The van der Waals surface area contributed by atoms with E-state index in [1.165, 1.54) is 22.3 Å². The molecule has 0 aliphatic heterocycles. The van der Waals surface area contributed by atoms with Gasteiger partial charge in [0.05, 0.1) is 0 Å². The zero-order valence-corrected chi connectivity index (χ0v) is 29.9. The fraction of sp³-hybridized carbons (Fsp3) is 0.581. The molecule has 1 saturated carbocycles. The Balaban J connectivity index is 1.88. The topological polar surface area (TPSA) is 0 Å². The van der Waals surface area contributed by atoms with E-state index < -0.39 is 0 Å².